The fraction of sp³-hybridized carbons (Fsp3) is 0.125. The maximum Gasteiger partial charge on any atom is 0.230 e. The normalized spacial score (nSPS) is 9.91. The maximum atomic E-state index is 11.9. The number of ether oxygens (including phenoxy) is 1. The summed E-state index contributed by atoms with van der Waals surface area (Å²) in [4.78, 5) is 11.9. The number of methoxy groups -OCH3 is 1. The van der Waals surface area contributed by atoms with Gasteiger partial charge in [-0.3, -0.25) is 4.79 Å². The number of rotatable bonds is 4. The van der Waals surface area contributed by atoms with Crippen LogP contribution in [-0.2, 0) is 11.2 Å². The SMILES string of the molecule is COc1ccc(NC(=S)NC(=O)Cc2ccccc2)cc1Cl. The first-order valence-corrected chi connectivity index (χ1v) is 7.35. The summed E-state index contributed by atoms with van der Waals surface area (Å²) in [5.41, 5.74) is 1.60. The van der Waals surface area contributed by atoms with Gasteiger partial charge < -0.3 is 15.4 Å². The van der Waals surface area contributed by atoms with E-state index in [0.717, 1.165) is 5.56 Å². The highest BCUT2D eigenvalue weighted by Crippen LogP contribution is 2.27. The van der Waals surface area contributed by atoms with Crippen LogP contribution in [0.2, 0.25) is 5.02 Å². The number of benzene rings is 2. The quantitative estimate of drug-likeness (QED) is 0.841. The topological polar surface area (TPSA) is 50.4 Å². The summed E-state index contributed by atoms with van der Waals surface area (Å²) in [6.45, 7) is 0. The van der Waals surface area contributed by atoms with Crippen molar-refractivity contribution in [3.63, 3.8) is 0 Å². The van der Waals surface area contributed by atoms with Gasteiger partial charge in [0.2, 0.25) is 5.91 Å². The van der Waals surface area contributed by atoms with Crippen LogP contribution in [0.1, 0.15) is 5.56 Å². The molecule has 4 nitrogen and oxygen atoms in total. The largest absolute Gasteiger partial charge is 0.495 e. The summed E-state index contributed by atoms with van der Waals surface area (Å²) < 4.78 is 5.07. The zero-order valence-electron chi connectivity index (χ0n) is 11.9. The molecule has 0 saturated heterocycles. The van der Waals surface area contributed by atoms with E-state index in [0.29, 0.717) is 16.5 Å². The summed E-state index contributed by atoms with van der Waals surface area (Å²) >= 11 is 11.1. The van der Waals surface area contributed by atoms with Gasteiger partial charge in [0.05, 0.1) is 18.6 Å². The third kappa shape index (κ3) is 4.72. The smallest absolute Gasteiger partial charge is 0.230 e. The van der Waals surface area contributed by atoms with Gasteiger partial charge in [0.1, 0.15) is 5.75 Å². The summed E-state index contributed by atoms with van der Waals surface area (Å²) in [6.07, 6.45) is 0.270. The molecule has 6 heteroatoms. The fourth-order valence-corrected chi connectivity index (χ4v) is 2.35. The van der Waals surface area contributed by atoms with Crippen LogP contribution in [0.4, 0.5) is 5.69 Å². The molecule has 0 aliphatic heterocycles. The Morgan fingerprint density at radius 3 is 2.59 bits per heavy atom. The van der Waals surface area contributed by atoms with Crippen molar-refractivity contribution >= 4 is 40.5 Å². The van der Waals surface area contributed by atoms with Crippen LogP contribution in [0.3, 0.4) is 0 Å². The van der Waals surface area contributed by atoms with Gasteiger partial charge in [0, 0.05) is 5.69 Å². The van der Waals surface area contributed by atoms with Gasteiger partial charge in [0.25, 0.3) is 0 Å². The Kier molecular flexibility index (Phi) is 5.75. The number of carbonyl (C=O) groups is 1. The van der Waals surface area contributed by atoms with E-state index >= 15 is 0 Å². The van der Waals surface area contributed by atoms with Crippen molar-refractivity contribution < 1.29 is 9.53 Å². The molecule has 0 atom stereocenters. The van der Waals surface area contributed by atoms with Crippen LogP contribution >= 0.6 is 23.8 Å². The first-order valence-electron chi connectivity index (χ1n) is 6.57. The van der Waals surface area contributed by atoms with Crippen molar-refractivity contribution in [2.75, 3.05) is 12.4 Å². The Bertz CT molecular complexity index is 677. The number of hydrogen-bond donors (Lipinski definition) is 2. The minimum Gasteiger partial charge on any atom is -0.495 e. The second-order valence-electron chi connectivity index (χ2n) is 4.51. The molecule has 2 aromatic rings. The average molecular weight is 335 g/mol. The van der Waals surface area contributed by atoms with Gasteiger partial charge in [0.15, 0.2) is 5.11 Å². The first kappa shape index (κ1) is 16.3. The lowest BCUT2D eigenvalue weighted by atomic mass is 10.1. The molecule has 0 bridgehead atoms. The third-order valence-electron chi connectivity index (χ3n) is 2.87. The van der Waals surface area contributed by atoms with Crippen LogP contribution in [0.15, 0.2) is 48.5 Å². The second-order valence-corrected chi connectivity index (χ2v) is 5.33. The Morgan fingerprint density at radius 2 is 1.95 bits per heavy atom. The molecule has 0 radical (unpaired) electrons. The number of anilines is 1. The predicted molar refractivity (Wildman–Crippen MR) is 92.5 cm³/mol. The van der Waals surface area contributed by atoms with Gasteiger partial charge in [-0.2, -0.15) is 0 Å². The van der Waals surface area contributed by atoms with E-state index in [1.165, 1.54) is 0 Å². The highest BCUT2D eigenvalue weighted by molar-refractivity contribution is 7.80. The van der Waals surface area contributed by atoms with Gasteiger partial charge in [-0.25, -0.2) is 0 Å². The van der Waals surface area contributed by atoms with Crippen molar-refractivity contribution in [3.05, 3.63) is 59.1 Å². The van der Waals surface area contributed by atoms with Crippen molar-refractivity contribution in [2.24, 2.45) is 0 Å². The van der Waals surface area contributed by atoms with Gasteiger partial charge in [-0.1, -0.05) is 41.9 Å². The molecule has 0 spiro atoms. The average Bonchev–Trinajstić information content (AvgIpc) is 2.48. The lowest BCUT2D eigenvalue weighted by Gasteiger charge is -2.11. The molecule has 114 valence electrons. The van der Waals surface area contributed by atoms with E-state index in [1.54, 1.807) is 25.3 Å². The van der Waals surface area contributed by atoms with Gasteiger partial charge >= 0.3 is 0 Å². The molecule has 0 heterocycles. The molecule has 0 fully saturated rings. The monoisotopic (exact) mass is 334 g/mol. The Balaban J connectivity index is 1.90. The summed E-state index contributed by atoms with van der Waals surface area (Å²) in [7, 11) is 1.54. The lowest BCUT2D eigenvalue weighted by molar-refractivity contribution is -0.119. The molecule has 0 unspecified atom stereocenters. The number of thiocarbonyl (C=S) groups is 1. The molecular formula is C16H15ClN2O2S. The van der Waals surface area contributed by atoms with E-state index in [9.17, 15) is 4.79 Å². The van der Waals surface area contributed by atoms with Crippen molar-refractivity contribution in [1.29, 1.82) is 0 Å². The van der Waals surface area contributed by atoms with Crippen LogP contribution in [0.25, 0.3) is 0 Å². The van der Waals surface area contributed by atoms with E-state index in [4.69, 9.17) is 28.6 Å². The van der Waals surface area contributed by atoms with Crippen LogP contribution in [0, 0.1) is 0 Å². The molecule has 0 aliphatic rings. The minimum absolute atomic E-state index is 0.177. The van der Waals surface area contributed by atoms with Crippen molar-refractivity contribution in [2.45, 2.75) is 6.42 Å². The third-order valence-corrected chi connectivity index (χ3v) is 3.37. The number of carbonyl (C=O) groups excluding carboxylic acids is 1. The molecule has 2 N–H and O–H groups in total. The highest BCUT2D eigenvalue weighted by atomic mass is 35.5. The van der Waals surface area contributed by atoms with Gasteiger partial charge in [-0.15, -0.1) is 0 Å². The fourth-order valence-electron chi connectivity index (χ4n) is 1.86. The number of hydrogen-bond acceptors (Lipinski definition) is 3. The molecule has 0 aliphatic carbocycles. The standard InChI is InChI=1S/C16H15ClN2O2S/c1-21-14-8-7-12(10-13(14)17)18-16(22)19-15(20)9-11-5-3-2-4-6-11/h2-8,10H,9H2,1H3,(H2,18,19,20,22). The van der Waals surface area contributed by atoms with E-state index in [2.05, 4.69) is 10.6 Å². The maximum absolute atomic E-state index is 11.9. The van der Waals surface area contributed by atoms with E-state index in [-0.39, 0.29) is 17.4 Å². The van der Waals surface area contributed by atoms with Crippen LogP contribution in [-0.4, -0.2) is 18.1 Å². The van der Waals surface area contributed by atoms with Crippen LogP contribution in [0.5, 0.6) is 5.75 Å². The Labute approximate surface area is 139 Å². The molecule has 2 rings (SSSR count). The second kappa shape index (κ2) is 7.77. The number of nitrogens with one attached hydrogen (secondary N) is 2. The Hall–Kier alpha value is -2.11. The molecule has 1 amide bonds. The molecule has 22 heavy (non-hydrogen) atoms. The predicted octanol–water partition coefficient (Wildman–Crippen LogP) is 3.40. The zero-order valence-corrected chi connectivity index (χ0v) is 13.5. The summed E-state index contributed by atoms with van der Waals surface area (Å²) in [5.74, 6) is 0.398. The van der Waals surface area contributed by atoms with Crippen molar-refractivity contribution in [1.82, 2.24) is 5.32 Å². The Morgan fingerprint density at radius 1 is 1.23 bits per heavy atom. The molecule has 2 aromatic carbocycles. The zero-order chi connectivity index (χ0) is 15.9. The molecule has 0 aromatic heterocycles. The molecule has 0 saturated carbocycles. The number of halogens is 1. The van der Waals surface area contributed by atoms with Crippen LogP contribution < -0.4 is 15.4 Å². The van der Waals surface area contributed by atoms with E-state index in [1.807, 2.05) is 30.3 Å². The van der Waals surface area contributed by atoms with E-state index < -0.39 is 0 Å². The van der Waals surface area contributed by atoms with Crippen molar-refractivity contribution in [3.8, 4) is 5.75 Å². The summed E-state index contributed by atoms with van der Waals surface area (Å²) in [6, 6.07) is 14.6. The first-order chi connectivity index (χ1) is 10.6. The lowest BCUT2D eigenvalue weighted by Crippen LogP contribution is -2.35. The molecular weight excluding hydrogens is 320 g/mol. The van der Waals surface area contributed by atoms with Gasteiger partial charge in [-0.05, 0) is 36.0 Å². The minimum atomic E-state index is -0.177. The number of amides is 1. The summed E-state index contributed by atoms with van der Waals surface area (Å²) in [5, 5.41) is 6.23. The highest BCUT2D eigenvalue weighted by Gasteiger charge is 2.07.